The molecule has 0 aromatic heterocycles. The highest BCUT2D eigenvalue weighted by atomic mass is 32.2. The number of aliphatic hydroxyl groups excluding tert-OH is 1. The summed E-state index contributed by atoms with van der Waals surface area (Å²) < 4.78 is 26.8. The zero-order valence-corrected chi connectivity index (χ0v) is 13.1. The molecule has 6 nitrogen and oxygen atoms in total. The van der Waals surface area contributed by atoms with E-state index in [0.29, 0.717) is 37.6 Å². The van der Waals surface area contributed by atoms with Crippen molar-refractivity contribution in [3.05, 3.63) is 29.8 Å². The Kier molecular flexibility index (Phi) is 5.34. The van der Waals surface area contributed by atoms with Gasteiger partial charge in [0.25, 0.3) is 0 Å². The molecule has 0 bridgehead atoms. The lowest BCUT2D eigenvalue weighted by molar-refractivity contribution is 0.151. The molecular weight excluding hydrogens is 290 g/mol. The van der Waals surface area contributed by atoms with Crippen LogP contribution in [0.1, 0.15) is 18.5 Å². The summed E-state index contributed by atoms with van der Waals surface area (Å²) in [6, 6.07) is 6.64. The minimum absolute atomic E-state index is 0.100. The van der Waals surface area contributed by atoms with Crippen molar-refractivity contribution in [1.29, 1.82) is 0 Å². The molecule has 0 amide bonds. The van der Waals surface area contributed by atoms with Crippen LogP contribution in [0.3, 0.4) is 0 Å². The second-order valence-electron chi connectivity index (χ2n) is 5.33. The maximum atomic E-state index is 12.6. The summed E-state index contributed by atoms with van der Waals surface area (Å²) in [4.78, 5) is 2.36. The zero-order valence-electron chi connectivity index (χ0n) is 12.3. The summed E-state index contributed by atoms with van der Waals surface area (Å²) in [5, 5.41) is 8.92. The van der Waals surface area contributed by atoms with Gasteiger partial charge in [-0.3, -0.25) is 4.90 Å². The fraction of sp³-hybridized carbons (Fsp3) is 0.571. The van der Waals surface area contributed by atoms with E-state index in [0.717, 1.165) is 5.56 Å². The van der Waals surface area contributed by atoms with Crippen LogP contribution in [-0.4, -0.2) is 62.1 Å². The summed E-state index contributed by atoms with van der Waals surface area (Å²) in [5.74, 6) is 0. The first kappa shape index (κ1) is 16.4. The number of aliphatic hydroxyl groups is 1. The molecule has 2 rings (SSSR count). The van der Waals surface area contributed by atoms with Crippen LogP contribution >= 0.6 is 0 Å². The van der Waals surface area contributed by atoms with Gasteiger partial charge in [0.05, 0.1) is 11.5 Å². The number of benzene rings is 1. The average molecular weight is 313 g/mol. The molecule has 0 radical (unpaired) electrons. The molecule has 1 unspecified atom stereocenters. The van der Waals surface area contributed by atoms with Crippen molar-refractivity contribution in [3.63, 3.8) is 0 Å². The van der Waals surface area contributed by atoms with Crippen molar-refractivity contribution in [2.45, 2.75) is 17.9 Å². The molecule has 1 atom stereocenters. The first-order valence-corrected chi connectivity index (χ1v) is 8.58. The molecule has 1 aliphatic heterocycles. The molecule has 118 valence electrons. The Morgan fingerprint density at radius 1 is 1.29 bits per heavy atom. The maximum Gasteiger partial charge on any atom is 0.243 e. The van der Waals surface area contributed by atoms with E-state index in [1.165, 1.54) is 4.31 Å². The number of hydrogen-bond acceptors (Lipinski definition) is 5. The van der Waals surface area contributed by atoms with Gasteiger partial charge >= 0.3 is 0 Å². The predicted octanol–water partition coefficient (Wildman–Crippen LogP) is 0.00490. The quantitative estimate of drug-likeness (QED) is 0.799. The molecule has 7 heteroatoms. The topological polar surface area (TPSA) is 86.9 Å². The van der Waals surface area contributed by atoms with Gasteiger partial charge < -0.3 is 10.8 Å². The summed E-state index contributed by atoms with van der Waals surface area (Å²) >= 11 is 0. The lowest BCUT2D eigenvalue weighted by atomic mass is 10.1. The van der Waals surface area contributed by atoms with Crippen molar-refractivity contribution in [2.75, 3.05) is 39.3 Å². The van der Waals surface area contributed by atoms with Gasteiger partial charge in [0, 0.05) is 38.8 Å². The molecular formula is C14H23N3O3S. The molecule has 1 aromatic carbocycles. The molecule has 0 saturated carbocycles. The van der Waals surface area contributed by atoms with Gasteiger partial charge in [0.1, 0.15) is 0 Å². The van der Waals surface area contributed by atoms with E-state index in [9.17, 15) is 8.42 Å². The number of hydrogen-bond donors (Lipinski definition) is 2. The van der Waals surface area contributed by atoms with Gasteiger partial charge in [-0.1, -0.05) is 12.1 Å². The van der Waals surface area contributed by atoms with E-state index in [-0.39, 0.29) is 12.6 Å². The van der Waals surface area contributed by atoms with E-state index in [1.54, 1.807) is 18.2 Å². The van der Waals surface area contributed by atoms with Crippen molar-refractivity contribution in [1.82, 2.24) is 9.21 Å². The van der Waals surface area contributed by atoms with Crippen molar-refractivity contribution in [3.8, 4) is 0 Å². The van der Waals surface area contributed by atoms with E-state index >= 15 is 0 Å². The number of nitrogens with zero attached hydrogens (tertiary/aromatic N) is 2. The van der Waals surface area contributed by atoms with E-state index < -0.39 is 10.0 Å². The molecule has 1 fully saturated rings. The number of piperazine rings is 1. The Hall–Kier alpha value is -0.990. The smallest absolute Gasteiger partial charge is 0.243 e. The van der Waals surface area contributed by atoms with Crippen LogP contribution in [0.25, 0.3) is 0 Å². The molecule has 1 heterocycles. The largest absolute Gasteiger partial charge is 0.395 e. The van der Waals surface area contributed by atoms with Crippen LogP contribution in [0, 0.1) is 0 Å². The third-order valence-electron chi connectivity index (χ3n) is 3.77. The molecule has 1 aliphatic rings. The summed E-state index contributed by atoms with van der Waals surface area (Å²) in [6.45, 7) is 4.71. The molecule has 1 saturated heterocycles. The molecule has 1 aromatic rings. The van der Waals surface area contributed by atoms with Gasteiger partial charge in [-0.2, -0.15) is 4.31 Å². The number of sulfonamides is 1. The van der Waals surface area contributed by atoms with Gasteiger partial charge in [0.15, 0.2) is 0 Å². The van der Waals surface area contributed by atoms with Crippen LogP contribution in [0.4, 0.5) is 0 Å². The number of rotatable bonds is 5. The van der Waals surface area contributed by atoms with Gasteiger partial charge in [0.2, 0.25) is 10.0 Å². The molecule has 21 heavy (non-hydrogen) atoms. The number of nitrogens with two attached hydrogens (primary N) is 1. The highest BCUT2D eigenvalue weighted by Crippen LogP contribution is 2.20. The van der Waals surface area contributed by atoms with Crippen LogP contribution in [0.2, 0.25) is 0 Å². The first-order chi connectivity index (χ1) is 9.95. The highest BCUT2D eigenvalue weighted by molar-refractivity contribution is 7.89. The monoisotopic (exact) mass is 313 g/mol. The summed E-state index contributed by atoms with van der Waals surface area (Å²) in [5.41, 5.74) is 6.63. The minimum atomic E-state index is -3.47. The van der Waals surface area contributed by atoms with Gasteiger partial charge in [-0.05, 0) is 24.6 Å². The first-order valence-electron chi connectivity index (χ1n) is 7.14. The second kappa shape index (κ2) is 6.85. The summed E-state index contributed by atoms with van der Waals surface area (Å²) in [7, 11) is -3.47. The Bertz CT molecular complexity index is 567. The van der Waals surface area contributed by atoms with Crippen LogP contribution in [0.15, 0.2) is 29.2 Å². The zero-order chi connectivity index (χ0) is 15.5. The third-order valence-corrected chi connectivity index (χ3v) is 5.66. The van der Waals surface area contributed by atoms with Gasteiger partial charge in [-0.15, -0.1) is 0 Å². The fourth-order valence-electron chi connectivity index (χ4n) is 2.44. The Morgan fingerprint density at radius 3 is 2.52 bits per heavy atom. The third kappa shape index (κ3) is 3.81. The van der Waals surface area contributed by atoms with Crippen LogP contribution in [-0.2, 0) is 10.0 Å². The van der Waals surface area contributed by atoms with Crippen LogP contribution < -0.4 is 5.73 Å². The minimum Gasteiger partial charge on any atom is -0.395 e. The average Bonchev–Trinajstić information content (AvgIpc) is 2.48. The van der Waals surface area contributed by atoms with Crippen LogP contribution in [0.5, 0.6) is 0 Å². The second-order valence-corrected chi connectivity index (χ2v) is 7.27. The number of β-amino-alcohol motifs (C(OH)–C–C–N with tert-alkyl or cyclic N) is 1. The Labute approximate surface area is 126 Å². The van der Waals surface area contributed by atoms with E-state index in [1.807, 2.05) is 13.0 Å². The normalized spacial score (nSPS) is 19.6. The SMILES string of the molecule is CC(N)c1cccc(S(=O)(=O)N2CCN(CCO)CC2)c1. The van der Waals surface area contributed by atoms with Crippen molar-refractivity contribution >= 4 is 10.0 Å². The highest BCUT2D eigenvalue weighted by Gasteiger charge is 2.28. The lowest BCUT2D eigenvalue weighted by Crippen LogP contribution is -2.49. The summed E-state index contributed by atoms with van der Waals surface area (Å²) in [6.07, 6.45) is 0. The molecule has 3 N–H and O–H groups in total. The maximum absolute atomic E-state index is 12.6. The van der Waals surface area contributed by atoms with Gasteiger partial charge in [-0.25, -0.2) is 8.42 Å². The van der Waals surface area contributed by atoms with E-state index in [4.69, 9.17) is 10.8 Å². The Balaban J connectivity index is 2.14. The van der Waals surface area contributed by atoms with E-state index in [2.05, 4.69) is 4.90 Å². The standard InChI is InChI=1S/C14H23N3O3S/c1-12(15)13-3-2-4-14(11-13)21(19,20)17-7-5-16(6-8-17)9-10-18/h2-4,11-12,18H,5-10,15H2,1H3. The van der Waals surface area contributed by atoms with Crippen molar-refractivity contribution < 1.29 is 13.5 Å². The lowest BCUT2D eigenvalue weighted by Gasteiger charge is -2.33. The fourth-order valence-corrected chi connectivity index (χ4v) is 3.92. The molecule has 0 spiro atoms. The Morgan fingerprint density at radius 2 is 1.95 bits per heavy atom. The molecule has 0 aliphatic carbocycles. The predicted molar refractivity (Wildman–Crippen MR) is 81.3 cm³/mol. The van der Waals surface area contributed by atoms with Crippen molar-refractivity contribution in [2.24, 2.45) is 5.73 Å².